The predicted molar refractivity (Wildman–Crippen MR) is 88.8 cm³/mol. The SMILES string of the molecule is Cc1noc(C)c1CN1CCC(NC(=O)c2ccc[nH]c2=O)CC1. The summed E-state index contributed by atoms with van der Waals surface area (Å²) >= 11 is 0. The highest BCUT2D eigenvalue weighted by Crippen LogP contribution is 2.18. The van der Waals surface area contributed by atoms with Crippen molar-refractivity contribution in [1.29, 1.82) is 0 Å². The van der Waals surface area contributed by atoms with Gasteiger partial charge >= 0.3 is 0 Å². The molecule has 0 radical (unpaired) electrons. The second-order valence-electron chi connectivity index (χ2n) is 6.24. The van der Waals surface area contributed by atoms with E-state index < -0.39 is 0 Å². The van der Waals surface area contributed by atoms with Crippen LogP contribution < -0.4 is 10.9 Å². The number of carbonyl (C=O) groups excluding carboxylic acids is 1. The van der Waals surface area contributed by atoms with E-state index >= 15 is 0 Å². The Morgan fingerprint density at radius 3 is 2.79 bits per heavy atom. The fourth-order valence-electron chi connectivity index (χ4n) is 3.05. The fourth-order valence-corrected chi connectivity index (χ4v) is 3.05. The number of hydrogen-bond donors (Lipinski definition) is 2. The van der Waals surface area contributed by atoms with E-state index in [9.17, 15) is 9.59 Å². The summed E-state index contributed by atoms with van der Waals surface area (Å²) in [5, 5.41) is 6.95. The summed E-state index contributed by atoms with van der Waals surface area (Å²) in [7, 11) is 0. The summed E-state index contributed by atoms with van der Waals surface area (Å²) in [6.07, 6.45) is 3.24. The maximum atomic E-state index is 12.2. The van der Waals surface area contributed by atoms with Crippen LogP contribution in [0.25, 0.3) is 0 Å². The van der Waals surface area contributed by atoms with E-state index in [2.05, 4.69) is 20.4 Å². The lowest BCUT2D eigenvalue weighted by Crippen LogP contribution is -2.45. The van der Waals surface area contributed by atoms with E-state index in [0.717, 1.165) is 49.5 Å². The number of pyridine rings is 1. The summed E-state index contributed by atoms with van der Waals surface area (Å²) in [5.41, 5.74) is 1.89. The van der Waals surface area contributed by atoms with Crippen LogP contribution in [0.5, 0.6) is 0 Å². The number of H-pyrrole nitrogens is 1. The zero-order chi connectivity index (χ0) is 17.1. The summed E-state index contributed by atoms with van der Waals surface area (Å²) in [6.45, 7) is 6.48. The topological polar surface area (TPSA) is 91.2 Å². The van der Waals surface area contributed by atoms with Gasteiger partial charge in [0.25, 0.3) is 11.5 Å². The normalized spacial score (nSPS) is 16.2. The molecule has 2 aromatic heterocycles. The molecular formula is C17H22N4O3. The molecule has 1 amide bonds. The highest BCUT2D eigenvalue weighted by Gasteiger charge is 2.23. The molecule has 0 bridgehead atoms. The number of aromatic amines is 1. The molecule has 7 nitrogen and oxygen atoms in total. The first-order valence-electron chi connectivity index (χ1n) is 8.17. The molecule has 1 aliphatic heterocycles. The van der Waals surface area contributed by atoms with Crippen LogP contribution in [0.1, 0.15) is 40.2 Å². The molecule has 2 aromatic rings. The Morgan fingerprint density at radius 1 is 1.42 bits per heavy atom. The molecule has 3 heterocycles. The van der Waals surface area contributed by atoms with E-state index in [-0.39, 0.29) is 23.1 Å². The number of nitrogens with one attached hydrogen (secondary N) is 2. The zero-order valence-corrected chi connectivity index (χ0v) is 14.0. The van der Waals surface area contributed by atoms with Gasteiger partial charge in [0.2, 0.25) is 0 Å². The zero-order valence-electron chi connectivity index (χ0n) is 14.0. The van der Waals surface area contributed by atoms with Gasteiger partial charge in [-0.3, -0.25) is 14.5 Å². The largest absolute Gasteiger partial charge is 0.361 e. The van der Waals surface area contributed by atoms with Gasteiger partial charge in [-0.15, -0.1) is 0 Å². The molecule has 1 aliphatic rings. The Kier molecular flexibility index (Phi) is 4.80. The van der Waals surface area contributed by atoms with E-state index in [1.54, 1.807) is 12.1 Å². The first kappa shape index (κ1) is 16.4. The van der Waals surface area contributed by atoms with Gasteiger partial charge < -0.3 is 14.8 Å². The predicted octanol–water partition coefficient (Wildman–Crippen LogP) is 1.37. The van der Waals surface area contributed by atoms with E-state index in [4.69, 9.17) is 4.52 Å². The molecule has 0 aliphatic carbocycles. The van der Waals surface area contributed by atoms with Crippen molar-refractivity contribution in [1.82, 2.24) is 20.4 Å². The third kappa shape index (κ3) is 3.56. The molecule has 1 saturated heterocycles. The second-order valence-corrected chi connectivity index (χ2v) is 6.24. The molecule has 0 atom stereocenters. The van der Waals surface area contributed by atoms with Crippen molar-refractivity contribution in [3.05, 3.63) is 51.3 Å². The number of rotatable bonds is 4. The number of aromatic nitrogens is 2. The number of hydrogen-bond acceptors (Lipinski definition) is 5. The van der Waals surface area contributed by atoms with Crippen molar-refractivity contribution in [2.75, 3.05) is 13.1 Å². The third-order valence-corrected chi connectivity index (χ3v) is 4.55. The number of amides is 1. The fraction of sp³-hybridized carbons (Fsp3) is 0.471. The van der Waals surface area contributed by atoms with Gasteiger partial charge in [0.05, 0.1) is 5.69 Å². The quantitative estimate of drug-likeness (QED) is 0.883. The highest BCUT2D eigenvalue weighted by atomic mass is 16.5. The average molecular weight is 330 g/mol. The van der Waals surface area contributed by atoms with Gasteiger partial charge in [-0.1, -0.05) is 5.16 Å². The summed E-state index contributed by atoms with van der Waals surface area (Å²) < 4.78 is 5.20. The molecule has 24 heavy (non-hydrogen) atoms. The highest BCUT2D eigenvalue weighted by molar-refractivity contribution is 5.93. The molecular weight excluding hydrogens is 308 g/mol. The molecule has 7 heteroatoms. The van der Waals surface area contributed by atoms with Crippen molar-refractivity contribution < 1.29 is 9.32 Å². The molecule has 0 spiro atoms. The summed E-state index contributed by atoms with van der Waals surface area (Å²) in [4.78, 5) is 28.7. The second kappa shape index (κ2) is 7.00. The van der Waals surface area contributed by atoms with E-state index in [1.165, 1.54) is 6.20 Å². The minimum absolute atomic E-state index is 0.0954. The number of nitrogens with zero attached hydrogens (tertiary/aromatic N) is 2. The Hall–Kier alpha value is -2.41. The summed E-state index contributed by atoms with van der Waals surface area (Å²) in [5.74, 6) is 0.562. The molecule has 2 N–H and O–H groups in total. The van der Waals surface area contributed by atoms with Crippen LogP contribution >= 0.6 is 0 Å². The molecule has 3 rings (SSSR count). The van der Waals surface area contributed by atoms with Crippen LogP contribution in [-0.2, 0) is 6.54 Å². The minimum Gasteiger partial charge on any atom is -0.361 e. The van der Waals surface area contributed by atoms with Crippen LogP contribution in [0.4, 0.5) is 0 Å². The standard InChI is InChI=1S/C17H22N4O3/c1-11-15(12(2)24-20-11)10-21-8-5-13(6-9-21)19-17(23)14-4-3-7-18-16(14)22/h3-4,7,13H,5-6,8-10H2,1-2H3,(H,18,22)(H,19,23). The van der Waals surface area contributed by atoms with Crippen LogP contribution in [0.15, 0.2) is 27.6 Å². The van der Waals surface area contributed by atoms with Crippen molar-refractivity contribution in [2.24, 2.45) is 0 Å². The number of carbonyl (C=O) groups is 1. The maximum Gasteiger partial charge on any atom is 0.260 e. The monoisotopic (exact) mass is 330 g/mol. The summed E-state index contributed by atoms with van der Waals surface area (Å²) in [6, 6.07) is 3.29. The van der Waals surface area contributed by atoms with Crippen molar-refractivity contribution in [3.63, 3.8) is 0 Å². The molecule has 1 fully saturated rings. The Labute approximate surface area is 140 Å². The number of piperidine rings is 1. The van der Waals surface area contributed by atoms with Crippen molar-refractivity contribution >= 4 is 5.91 Å². The lowest BCUT2D eigenvalue weighted by Gasteiger charge is -2.32. The van der Waals surface area contributed by atoms with Gasteiger partial charge in [-0.05, 0) is 38.8 Å². The van der Waals surface area contributed by atoms with Crippen LogP contribution in [0.2, 0.25) is 0 Å². The maximum absolute atomic E-state index is 12.2. The first-order chi connectivity index (χ1) is 11.5. The van der Waals surface area contributed by atoms with Crippen LogP contribution in [0.3, 0.4) is 0 Å². The lowest BCUT2D eigenvalue weighted by atomic mass is 10.0. The molecule has 128 valence electrons. The van der Waals surface area contributed by atoms with Gasteiger partial charge in [-0.25, -0.2) is 0 Å². The van der Waals surface area contributed by atoms with Gasteiger partial charge in [-0.2, -0.15) is 0 Å². The van der Waals surface area contributed by atoms with Crippen molar-refractivity contribution in [3.8, 4) is 0 Å². The Balaban J connectivity index is 1.53. The van der Waals surface area contributed by atoms with Gasteiger partial charge in [0.1, 0.15) is 11.3 Å². The number of likely N-dealkylation sites (tertiary alicyclic amines) is 1. The average Bonchev–Trinajstić information content (AvgIpc) is 2.89. The van der Waals surface area contributed by atoms with Crippen LogP contribution in [0, 0.1) is 13.8 Å². The van der Waals surface area contributed by atoms with E-state index in [1.807, 2.05) is 13.8 Å². The van der Waals surface area contributed by atoms with Crippen molar-refractivity contribution in [2.45, 2.75) is 39.3 Å². The molecule has 0 saturated carbocycles. The van der Waals surface area contributed by atoms with Crippen LogP contribution in [-0.4, -0.2) is 40.1 Å². The lowest BCUT2D eigenvalue weighted by molar-refractivity contribution is 0.0907. The Bertz CT molecular complexity index is 753. The Morgan fingerprint density at radius 2 is 2.17 bits per heavy atom. The molecule has 0 unspecified atom stereocenters. The minimum atomic E-state index is -0.356. The molecule has 0 aromatic carbocycles. The van der Waals surface area contributed by atoms with Gasteiger partial charge in [0.15, 0.2) is 0 Å². The first-order valence-corrected chi connectivity index (χ1v) is 8.17. The van der Waals surface area contributed by atoms with E-state index in [0.29, 0.717) is 0 Å². The third-order valence-electron chi connectivity index (χ3n) is 4.55. The smallest absolute Gasteiger partial charge is 0.260 e. The number of aryl methyl sites for hydroxylation is 2. The van der Waals surface area contributed by atoms with Gasteiger partial charge in [0, 0.05) is 37.4 Å².